The highest BCUT2D eigenvalue weighted by molar-refractivity contribution is 5.96. The number of ether oxygens (including phenoxy) is 5. The molecular weight excluding hydrogens is 803 g/mol. The quantitative estimate of drug-likeness (QED) is 0.0751. The second kappa shape index (κ2) is 18.6. The lowest BCUT2D eigenvalue weighted by molar-refractivity contribution is -0.213. The summed E-state index contributed by atoms with van der Waals surface area (Å²) >= 11 is 0. The van der Waals surface area contributed by atoms with Crippen molar-refractivity contribution in [1.82, 2.24) is 15.7 Å². The monoisotopic (exact) mass is 857 g/mol. The zero-order chi connectivity index (χ0) is 44.2. The van der Waals surface area contributed by atoms with Gasteiger partial charge >= 0.3 is 11.9 Å². The van der Waals surface area contributed by atoms with E-state index in [0.29, 0.717) is 11.1 Å². The van der Waals surface area contributed by atoms with E-state index in [9.17, 15) is 24.6 Å². The molecule has 3 aromatic carbocycles. The minimum atomic E-state index is -1.72. The largest absolute Gasteiger partial charge is 0.499 e. The molecule has 9 unspecified atom stereocenters. The van der Waals surface area contributed by atoms with E-state index in [2.05, 4.69) is 10.6 Å². The van der Waals surface area contributed by atoms with Gasteiger partial charge in [0.15, 0.2) is 6.04 Å². The zero-order valence-corrected chi connectivity index (χ0v) is 35.2. The van der Waals surface area contributed by atoms with Gasteiger partial charge in [-0.15, -0.1) is 0 Å². The van der Waals surface area contributed by atoms with E-state index in [4.69, 9.17) is 33.6 Å². The normalized spacial score (nSPS) is 26.5. The number of rotatable bonds is 17. The number of carbonyl (C=O) groups excluding carboxylic acids is 4. The number of aliphatic hydroxyl groups excluding tert-OH is 3. The Labute approximate surface area is 360 Å². The summed E-state index contributed by atoms with van der Waals surface area (Å²) in [7, 11) is 0. The van der Waals surface area contributed by atoms with Gasteiger partial charge in [-0.3, -0.25) is 24.0 Å². The minimum Gasteiger partial charge on any atom is -0.499 e. The average molecular weight is 858 g/mol. The Balaban J connectivity index is 1.21. The van der Waals surface area contributed by atoms with Crippen LogP contribution in [0, 0.1) is 5.41 Å². The Hall–Kier alpha value is -5.20. The third-order valence-electron chi connectivity index (χ3n) is 11.5. The van der Waals surface area contributed by atoms with E-state index in [1.54, 1.807) is 26.8 Å². The molecule has 332 valence electrons. The van der Waals surface area contributed by atoms with Crippen LogP contribution in [0.5, 0.6) is 0 Å². The van der Waals surface area contributed by atoms with Gasteiger partial charge in [0.05, 0.1) is 38.2 Å². The SMILES string of the molecule is CC(O)C(NC(=O)C12CC3OC(=O)C1N(Cc1ccc(C=COCCO)cc1)OC2C1OC(c2ccccc2)(c2ccccc2)OC31)C(=O)NC(CO)CCC(=O)OC(C)(C)C. The molecular formula is C46H55N3O13. The summed E-state index contributed by atoms with van der Waals surface area (Å²) in [5.41, 5.74) is 0.426. The predicted octanol–water partition coefficient (Wildman–Crippen LogP) is 2.62. The van der Waals surface area contributed by atoms with Gasteiger partial charge in [-0.25, -0.2) is 0 Å². The topological polar surface area (TPSA) is 212 Å². The van der Waals surface area contributed by atoms with Crippen LogP contribution in [0.1, 0.15) is 69.2 Å². The molecule has 1 saturated carbocycles. The van der Waals surface area contributed by atoms with E-state index in [0.717, 1.165) is 11.1 Å². The molecule has 2 bridgehead atoms. The Morgan fingerprint density at radius 3 is 2.18 bits per heavy atom. The molecule has 0 aromatic heterocycles. The molecule has 5 N–H and O–H groups in total. The van der Waals surface area contributed by atoms with Gasteiger partial charge in [0, 0.05) is 24.0 Å². The van der Waals surface area contributed by atoms with E-state index in [-0.39, 0.29) is 39.0 Å². The fraction of sp³-hybridized carbons (Fsp3) is 0.478. The van der Waals surface area contributed by atoms with Crippen molar-refractivity contribution in [2.24, 2.45) is 5.41 Å². The van der Waals surface area contributed by atoms with Crippen LogP contribution in [0.2, 0.25) is 0 Å². The number of aliphatic hydroxyl groups is 3. The number of fused-ring (bicyclic) bond motifs is 4. The fourth-order valence-corrected chi connectivity index (χ4v) is 8.72. The molecule has 3 aromatic rings. The van der Waals surface area contributed by atoms with Gasteiger partial charge in [0.2, 0.25) is 17.6 Å². The van der Waals surface area contributed by atoms with Gasteiger partial charge in [-0.2, -0.15) is 5.06 Å². The number of hydrogen-bond acceptors (Lipinski definition) is 14. The van der Waals surface area contributed by atoms with Crippen molar-refractivity contribution >= 4 is 29.8 Å². The van der Waals surface area contributed by atoms with E-state index in [1.807, 2.05) is 84.9 Å². The van der Waals surface area contributed by atoms with Crippen LogP contribution in [-0.4, -0.2) is 118 Å². The maximum absolute atomic E-state index is 15.2. The van der Waals surface area contributed by atoms with Crippen LogP contribution < -0.4 is 10.6 Å². The number of amides is 2. The first-order valence-corrected chi connectivity index (χ1v) is 20.9. The predicted molar refractivity (Wildman–Crippen MR) is 221 cm³/mol. The summed E-state index contributed by atoms with van der Waals surface area (Å²) in [6.45, 7) is 6.08. The minimum absolute atomic E-state index is 0.0295. The van der Waals surface area contributed by atoms with Crippen LogP contribution >= 0.6 is 0 Å². The Kier molecular flexibility index (Phi) is 13.5. The highest BCUT2D eigenvalue weighted by Gasteiger charge is 2.76. The van der Waals surface area contributed by atoms with Crippen molar-refractivity contribution in [2.75, 3.05) is 19.8 Å². The Bertz CT molecular complexity index is 2040. The van der Waals surface area contributed by atoms with Crippen molar-refractivity contribution in [3.63, 3.8) is 0 Å². The lowest BCUT2D eigenvalue weighted by Crippen LogP contribution is -2.71. The molecule has 16 nitrogen and oxygen atoms in total. The van der Waals surface area contributed by atoms with E-state index < -0.39 is 95.8 Å². The smallest absolute Gasteiger partial charge is 0.327 e. The summed E-state index contributed by atoms with van der Waals surface area (Å²) in [5.74, 6) is -4.31. The molecule has 0 radical (unpaired) electrons. The van der Waals surface area contributed by atoms with Gasteiger partial charge in [-0.1, -0.05) is 84.9 Å². The lowest BCUT2D eigenvalue weighted by atomic mass is 9.62. The molecule has 4 fully saturated rings. The third-order valence-corrected chi connectivity index (χ3v) is 11.5. The molecule has 16 heteroatoms. The third kappa shape index (κ3) is 9.13. The molecule has 0 spiro atoms. The van der Waals surface area contributed by atoms with E-state index in [1.165, 1.54) is 18.2 Å². The molecule has 3 heterocycles. The second-order valence-electron chi connectivity index (χ2n) is 17.1. The lowest BCUT2D eigenvalue weighted by Gasteiger charge is -2.49. The highest BCUT2D eigenvalue weighted by Crippen LogP contribution is 2.59. The number of hydroxylamine groups is 2. The molecule has 3 saturated heterocycles. The number of nitrogens with zero attached hydrogens (tertiary/aromatic N) is 1. The van der Waals surface area contributed by atoms with Crippen LogP contribution in [0.3, 0.4) is 0 Å². The number of nitrogens with one attached hydrogen (secondary N) is 2. The standard InChI is InChI=1S/C46H55N3O13/c1-28(52)36(41(54)47-33(27-51)19-20-35(53)59-44(2,3)4)48-43(56)45-25-34-37-38(61-46(60-37,31-11-7-5-8-12-31)32-13-9-6-10-14-32)40(45)62-49(39(45)42(55)58-34)26-30-17-15-29(16-18-30)21-23-57-24-22-50/h5-18,21,23,28,33-34,36-40,50-52H,19-20,22,24-27H2,1-4H3,(H,47,54)(H,48,56). The summed E-state index contributed by atoms with van der Waals surface area (Å²) in [5, 5.41) is 36.9. The van der Waals surface area contributed by atoms with Crippen LogP contribution in [0.25, 0.3) is 6.08 Å². The Morgan fingerprint density at radius 1 is 0.935 bits per heavy atom. The first-order valence-electron chi connectivity index (χ1n) is 20.9. The fourth-order valence-electron chi connectivity index (χ4n) is 8.72. The highest BCUT2D eigenvalue weighted by atomic mass is 16.8. The number of hydrogen-bond donors (Lipinski definition) is 5. The van der Waals surface area contributed by atoms with Crippen LogP contribution in [0.15, 0.2) is 91.2 Å². The molecule has 4 aliphatic rings. The van der Waals surface area contributed by atoms with Gasteiger partial charge in [0.25, 0.3) is 0 Å². The average Bonchev–Trinajstić information content (AvgIpc) is 3.83. The second-order valence-corrected chi connectivity index (χ2v) is 17.1. The maximum Gasteiger partial charge on any atom is 0.327 e. The number of esters is 2. The first kappa shape index (κ1) is 44.8. The van der Waals surface area contributed by atoms with Crippen molar-refractivity contribution in [2.45, 2.75) is 114 Å². The molecule has 1 aliphatic carbocycles. The number of carbonyl (C=O) groups is 4. The summed E-state index contributed by atoms with van der Waals surface area (Å²) in [4.78, 5) is 62.6. The van der Waals surface area contributed by atoms with E-state index >= 15 is 4.79 Å². The van der Waals surface area contributed by atoms with Gasteiger partial charge in [0.1, 0.15) is 48.1 Å². The number of benzene rings is 3. The molecule has 9 atom stereocenters. The maximum atomic E-state index is 15.2. The molecule has 7 rings (SSSR count). The first-order chi connectivity index (χ1) is 29.7. The van der Waals surface area contributed by atoms with Crippen molar-refractivity contribution in [3.8, 4) is 0 Å². The van der Waals surface area contributed by atoms with Crippen molar-refractivity contribution in [3.05, 3.63) is 113 Å². The molecule has 62 heavy (non-hydrogen) atoms. The zero-order valence-electron chi connectivity index (χ0n) is 35.2. The molecule has 2 amide bonds. The van der Waals surface area contributed by atoms with Crippen molar-refractivity contribution in [1.29, 1.82) is 0 Å². The van der Waals surface area contributed by atoms with Crippen LogP contribution in [-0.2, 0) is 60.0 Å². The van der Waals surface area contributed by atoms with Crippen molar-refractivity contribution < 1.29 is 63.0 Å². The Morgan fingerprint density at radius 2 is 1.58 bits per heavy atom. The van der Waals surface area contributed by atoms with Crippen LogP contribution in [0.4, 0.5) is 0 Å². The summed E-state index contributed by atoms with van der Waals surface area (Å²) in [6.07, 6.45) is -2.37. The van der Waals surface area contributed by atoms with Gasteiger partial charge < -0.3 is 49.6 Å². The molecule has 3 aliphatic heterocycles. The summed E-state index contributed by atoms with van der Waals surface area (Å²) < 4.78 is 30.7. The van der Waals surface area contributed by atoms with Gasteiger partial charge in [-0.05, 0) is 51.3 Å². The summed E-state index contributed by atoms with van der Waals surface area (Å²) in [6, 6.07) is 22.2.